The minimum Gasteiger partial charge on any atom is -0.469 e. The summed E-state index contributed by atoms with van der Waals surface area (Å²) in [5.74, 6) is -0.0987. The van der Waals surface area contributed by atoms with E-state index in [-0.39, 0.29) is 11.9 Å². The van der Waals surface area contributed by atoms with E-state index in [1.807, 2.05) is 12.1 Å². The Bertz CT molecular complexity index is 868. The van der Waals surface area contributed by atoms with Crippen molar-refractivity contribution in [2.75, 3.05) is 43.6 Å². The molecule has 1 N–H and O–H groups in total. The molecule has 29 heavy (non-hydrogen) atoms. The molecule has 0 aliphatic carbocycles. The Morgan fingerprint density at radius 2 is 1.97 bits per heavy atom. The van der Waals surface area contributed by atoms with E-state index >= 15 is 0 Å². The molecular formula is C23H27N3O3. The first-order valence-corrected chi connectivity index (χ1v) is 9.95. The predicted octanol–water partition coefficient (Wildman–Crippen LogP) is 4.20. The first-order chi connectivity index (χ1) is 14.1. The third-order valence-corrected chi connectivity index (χ3v) is 5.27. The lowest BCUT2D eigenvalue weighted by Gasteiger charge is -2.31. The molecule has 1 heterocycles. The summed E-state index contributed by atoms with van der Waals surface area (Å²) in [5, 5.41) is 12.5. The summed E-state index contributed by atoms with van der Waals surface area (Å²) < 4.78 is 10.4. The summed E-state index contributed by atoms with van der Waals surface area (Å²) in [7, 11) is 1.43. The number of carbonyl (C=O) groups is 1. The molecule has 0 bridgehead atoms. The van der Waals surface area contributed by atoms with E-state index in [0.29, 0.717) is 25.2 Å². The smallest absolute Gasteiger partial charge is 0.306 e. The van der Waals surface area contributed by atoms with Crippen LogP contribution in [0.1, 0.15) is 36.8 Å². The molecule has 1 saturated heterocycles. The number of ether oxygens (including phenoxy) is 2. The number of hydrogen-bond acceptors (Lipinski definition) is 6. The number of nitrogens with one attached hydrogen (secondary N) is 1. The molecule has 0 aromatic heterocycles. The van der Waals surface area contributed by atoms with Crippen LogP contribution < -0.4 is 10.2 Å². The average molecular weight is 393 g/mol. The number of methoxy groups -OCH3 is 1. The number of rotatable bonds is 7. The van der Waals surface area contributed by atoms with Gasteiger partial charge in [-0.2, -0.15) is 5.26 Å². The zero-order valence-electron chi connectivity index (χ0n) is 17.0. The third kappa shape index (κ3) is 5.27. The summed E-state index contributed by atoms with van der Waals surface area (Å²) in [6.07, 6.45) is 1.21. The number of benzene rings is 2. The van der Waals surface area contributed by atoms with Crippen LogP contribution in [-0.2, 0) is 14.3 Å². The Balaban J connectivity index is 1.93. The lowest BCUT2D eigenvalue weighted by molar-refractivity contribution is -0.141. The first kappa shape index (κ1) is 20.7. The summed E-state index contributed by atoms with van der Waals surface area (Å²) >= 11 is 0. The van der Waals surface area contributed by atoms with E-state index in [4.69, 9.17) is 14.7 Å². The van der Waals surface area contributed by atoms with Crippen LogP contribution in [0.25, 0.3) is 0 Å². The van der Waals surface area contributed by atoms with Crippen LogP contribution in [0.3, 0.4) is 0 Å². The quantitative estimate of drug-likeness (QED) is 0.711. The van der Waals surface area contributed by atoms with Gasteiger partial charge in [-0.05, 0) is 54.3 Å². The van der Waals surface area contributed by atoms with Gasteiger partial charge < -0.3 is 19.7 Å². The Labute approximate surface area is 172 Å². The van der Waals surface area contributed by atoms with E-state index in [0.717, 1.165) is 42.1 Å². The predicted molar refractivity (Wildman–Crippen MR) is 114 cm³/mol. The van der Waals surface area contributed by atoms with Crippen LogP contribution in [0, 0.1) is 11.3 Å². The molecule has 6 heteroatoms. The minimum atomic E-state index is -0.198. The molecule has 1 aliphatic rings. The fourth-order valence-corrected chi connectivity index (χ4v) is 3.55. The number of morpholine rings is 1. The van der Waals surface area contributed by atoms with Gasteiger partial charge in [-0.3, -0.25) is 4.79 Å². The van der Waals surface area contributed by atoms with E-state index in [9.17, 15) is 4.79 Å². The molecule has 1 unspecified atom stereocenters. The van der Waals surface area contributed by atoms with Crippen molar-refractivity contribution >= 4 is 23.0 Å². The van der Waals surface area contributed by atoms with Gasteiger partial charge in [-0.1, -0.05) is 13.0 Å². The molecule has 1 fully saturated rings. The number of anilines is 3. The summed E-state index contributed by atoms with van der Waals surface area (Å²) in [4.78, 5) is 14.1. The van der Waals surface area contributed by atoms with Crippen molar-refractivity contribution in [3.63, 3.8) is 0 Å². The van der Waals surface area contributed by atoms with Gasteiger partial charge in [0.15, 0.2) is 0 Å². The number of nitriles is 1. The maximum Gasteiger partial charge on any atom is 0.306 e. The second-order valence-corrected chi connectivity index (χ2v) is 7.08. The molecule has 6 nitrogen and oxygen atoms in total. The minimum absolute atomic E-state index is 0.0997. The number of nitrogens with zero attached hydrogens (tertiary/aromatic N) is 2. The Hall–Kier alpha value is -3.04. The molecule has 152 valence electrons. The van der Waals surface area contributed by atoms with E-state index < -0.39 is 0 Å². The monoisotopic (exact) mass is 393 g/mol. The fourth-order valence-electron chi connectivity index (χ4n) is 3.55. The van der Waals surface area contributed by atoms with Gasteiger partial charge in [0, 0.05) is 18.8 Å². The molecule has 0 radical (unpaired) electrons. The maximum absolute atomic E-state index is 11.8. The van der Waals surface area contributed by atoms with Crippen molar-refractivity contribution in [3.8, 4) is 6.07 Å². The number of hydrogen-bond donors (Lipinski definition) is 1. The molecular weight excluding hydrogens is 366 g/mol. The SMILES string of the molecule is CCC(CC(=O)OC)c1ccc(N2CCOCC2)c(Nc2ccc(C#N)cc2)c1. The number of carbonyl (C=O) groups excluding carboxylic acids is 1. The molecule has 1 atom stereocenters. The summed E-state index contributed by atoms with van der Waals surface area (Å²) in [6, 6.07) is 15.9. The van der Waals surface area contributed by atoms with Crippen molar-refractivity contribution < 1.29 is 14.3 Å². The molecule has 0 amide bonds. The van der Waals surface area contributed by atoms with Crippen LogP contribution in [0.4, 0.5) is 17.1 Å². The van der Waals surface area contributed by atoms with Crippen LogP contribution in [0.15, 0.2) is 42.5 Å². The van der Waals surface area contributed by atoms with Crippen molar-refractivity contribution in [2.45, 2.75) is 25.7 Å². The van der Waals surface area contributed by atoms with Gasteiger partial charge in [0.05, 0.1) is 49.8 Å². The highest BCUT2D eigenvalue weighted by Gasteiger charge is 2.19. The maximum atomic E-state index is 11.8. The van der Waals surface area contributed by atoms with Gasteiger partial charge in [-0.15, -0.1) is 0 Å². The Morgan fingerprint density at radius 1 is 1.24 bits per heavy atom. The van der Waals surface area contributed by atoms with Gasteiger partial charge in [0.1, 0.15) is 0 Å². The lowest BCUT2D eigenvalue weighted by atomic mass is 9.92. The zero-order chi connectivity index (χ0) is 20.6. The van der Waals surface area contributed by atoms with Crippen molar-refractivity contribution in [1.29, 1.82) is 5.26 Å². The second-order valence-electron chi connectivity index (χ2n) is 7.08. The van der Waals surface area contributed by atoms with Gasteiger partial charge in [-0.25, -0.2) is 0 Å². The van der Waals surface area contributed by atoms with E-state index in [1.54, 1.807) is 12.1 Å². The lowest BCUT2D eigenvalue weighted by Crippen LogP contribution is -2.36. The zero-order valence-corrected chi connectivity index (χ0v) is 17.0. The highest BCUT2D eigenvalue weighted by Crippen LogP contribution is 2.35. The van der Waals surface area contributed by atoms with Crippen molar-refractivity contribution in [1.82, 2.24) is 0 Å². The largest absolute Gasteiger partial charge is 0.469 e. The number of esters is 1. The highest BCUT2D eigenvalue weighted by atomic mass is 16.5. The fraction of sp³-hybridized carbons (Fsp3) is 0.391. The molecule has 0 spiro atoms. The van der Waals surface area contributed by atoms with Crippen molar-refractivity contribution in [3.05, 3.63) is 53.6 Å². The standard InChI is InChI=1S/C23H27N3O3/c1-3-18(15-23(27)28-2)19-6-9-22(26-10-12-29-13-11-26)21(14-19)25-20-7-4-17(16-24)5-8-20/h4-9,14,18,25H,3,10-13,15H2,1-2H3. The van der Waals surface area contributed by atoms with Crippen LogP contribution >= 0.6 is 0 Å². The van der Waals surface area contributed by atoms with Crippen LogP contribution in [0.2, 0.25) is 0 Å². The van der Waals surface area contributed by atoms with Crippen LogP contribution in [0.5, 0.6) is 0 Å². The molecule has 2 aromatic rings. The highest BCUT2D eigenvalue weighted by molar-refractivity contribution is 5.77. The van der Waals surface area contributed by atoms with E-state index in [1.165, 1.54) is 7.11 Å². The third-order valence-electron chi connectivity index (χ3n) is 5.27. The first-order valence-electron chi connectivity index (χ1n) is 9.95. The summed E-state index contributed by atoms with van der Waals surface area (Å²) in [6.45, 7) is 5.16. The van der Waals surface area contributed by atoms with Gasteiger partial charge in [0.2, 0.25) is 0 Å². The Kier molecular flexibility index (Phi) is 7.09. The summed E-state index contributed by atoms with van der Waals surface area (Å²) in [5.41, 5.74) is 4.73. The molecule has 3 rings (SSSR count). The molecule has 0 saturated carbocycles. The topological polar surface area (TPSA) is 74.6 Å². The van der Waals surface area contributed by atoms with Gasteiger partial charge in [0.25, 0.3) is 0 Å². The Morgan fingerprint density at radius 3 is 2.59 bits per heavy atom. The van der Waals surface area contributed by atoms with Crippen molar-refractivity contribution in [2.24, 2.45) is 0 Å². The normalized spacial score (nSPS) is 14.7. The van der Waals surface area contributed by atoms with Gasteiger partial charge >= 0.3 is 5.97 Å². The molecule has 2 aromatic carbocycles. The van der Waals surface area contributed by atoms with Crippen LogP contribution in [-0.4, -0.2) is 39.4 Å². The average Bonchev–Trinajstić information content (AvgIpc) is 2.78. The molecule has 1 aliphatic heterocycles. The van der Waals surface area contributed by atoms with E-state index in [2.05, 4.69) is 41.4 Å². The second kappa shape index (κ2) is 9.94.